The Labute approximate surface area is 106 Å². The van der Waals surface area contributed by atoms with Crippen LogP contribution in [0.3, 0.4) is 0 Å². The van der Waals surface area contributed by atoms with E-state index in [1.807, 2.05) is 0 Å². The van der Waals surface area contributed by atoms with Crippen molar-refractivity contribution in [2.24, 2.45) is 0 Å². The maximum atomic E-state index is 13.3. The van der Waals surface area contributed by atoms with Crippen molar-refractivity contribution in [1.82, 2.24) is 4.90 Å². The molecule has 0 saturated carbocycles. The molecule has 1 aromatic rings. The van der Waals surface area contributed by atoms with Gasteiger partial charge in [-0.1, -0.05) is 24.3 Å². The molecule has 0 spiro atoms. The second-order valence-electron chi connectivity index (χ2n) is 4.55. The molecule has 1 aliphatic rings. The molecule has 2 rings (SSSR count). The number of benzene rings is 1. The van der Waals surface area contributed by atoms with Gasteiger partial charge in [0, 0.05) is 13.1 Å². The van der Waals surface area contributed by atoms with Crippen molar-refractivity contribution >= 4 is 11.6 Å². The van der Waals surface area contributed by atoms with Crippen molar-refractivity contribution in [3.05, 3.63) is 42.2 Å². The molecular formula is C14H17FN2O. The Morgan fingerprint density at radius 1 is 1.33 bits per heavy atom. The topological polar surface area (TPSA) is 32.3 Å². The lowest BCUT2D eigenvalue weighted by Gasteiger charge is -2.27. The molecule has 1 heterocycles. The molecule has 3 nitrogen and oxygen atoms in total. The number of carbonyl (C=O) groups is 1. The van der Waals surface area contributed by atoms with E-state index in [-0.39, 0.29) is 11.6 Å². The maximum absolute atomic E-state index is 13.3. The Hall–Kier alpha value is -1.68. The highest BCUT2D eigenvalue weighted by Crippen LogP contribution is 2.15. The molecule has 1 fully saturated rings. The lowest BCUT2D eigenvalue weighted by Crippen LogP contribution is -2.37. The molecular weight excluding hydrogens is 231 g/mol. The highest BCUT2D eigenvalue weighted by molar-refractivity contribution is 5.92. The Bertz CT molecular complexity index is 449. The van der Waals surface area contributed by atoms with Gasteiger partial charge in [0.2, 0.25) is 5.91 Å². The molecule has 18 heavy (non-hydrogen) atoms. The van der Waals surface area contributed by atoms with Crippen molar-refractivity contribution in [2.75, 3.05) is 25.0 Å². The van der Waals surface area contributed by atoms with Crippen molar-refractivity contribution in [2.45, 2.75) is 12.8 Å². The molecule has 1 saturated heterocycles. The molecule has 0 aliphatic carbocycles. The first kappa shape index (κ1) is 12.8. The highest BCUT2D eigenvalue weighted by atomic mass is 19.1. The van der Waals surface area contributed by atoms with E-state index >= 15 is 0 Å². The Morgan fingerprint density at radius 3 is 2.67 bits per heavy atom. The summed E-state index contributed by atoms with van der Waals surface area (Å²) in [5.74, 6) is -0.578. The largest absolute Gasteiger partial charge is 0.322 e. The fraction of sp³-hybridized carbons (Fsp3) is 0.357. The van der Waals surface area contributed by atoms with Crippen LogP contribution in [0.4, 0.5) is 10.1 Å². The number of piperidine rings is 1. The summed E-state index contributed by atoms with van der Waals surface area (Å²) in [6.45, 7) is 5.94. The van der Waals surface area contributed by atoms with E-state index in [1.165, 1.54) is 11.6 Å². The van der Waals surface area contributed by atoms with E-state index < -0.39 is 5.82 Å². The smallest absolute Gasteiger partial charge is 0.238 e. The van der Waals surface area contributed by atoms with Crippen LogP contribution in [0.15, 0.2) is 36.4 Å². The summed E-state index contributed by atoms with van der Waals surface area (Å²) in [6.07, 6.45) is 1.87. The van der Waals surface area contributed by atoms with Gasteiger partial charge < -0.3 is 5.32 Å². The number of anilines is 1. The summed E-state index contributed by atoms with van der Waals surface area (Å²) >= 11 is 0. The number of rotatable bonds is 3. The van der Waals surface area contributed by atoms with Crippen molar-refractivity contribution in [1.29, 1.82) is 0 Å². The van der Waals surface area contributed by atoms with E-state index in [1.54, 1.807) is 18.2 Å². The number of hydrogen-bond donors (Lipinski definition) is 1. The zero-order chi connectivity index (χ0) is 13.0. The fourth-order valence-corrected chi connectivity index (χ4v) is 1.98. The third-order valence-corrected chi connectivity index (χ3v) is 3.08. The first-order valence-electron chi connectivity index (χ1n) is 6.08. The number of likely N-dealkylation sites (tertiary alicyclic amines) is 1. The Balaban J connectivity index is 1.86. The summed E-state index contributed by atoms with van der Waals surface area (Å²) in [7, 11) is 0. The molecule has 0 radical (unpaired) electrons. The first-order chi connectivity index (χ1) is 8.65. The molecule has 1 amide bonds. The van der Waals surface area contributed by atoms with E-state index in [0.717, 1.165) is 25.9 Å². The van der Waals surface area contributed by atoms with Crippen LogP contribution in [-0.2, 0) is 4.79 Å². The number of hydrogen-bond acceptors (Lipinski definition) is 2. The zero-order valence-electron chi connectivity index (χ0n) is 10.3. The van der Waals surface area contributed by atoms with Crippen LogP contribution in [0.5, 0.6) is 0 Å². The number of amides is 1. The van der Waals surface area contributed by atoms with Crippen LogP contribution in [0.2, 0.25) is 0 Å². The van der Waals surface area contributed by atoms with Crippen molar-refractivity contribution in [3.8, 4) is 0 Å². The molecule has 0 atom stereocenters. The molecule has 96 valence electrons. The highest BCUT2D eigenvalue weighted by Gasteiger charge is 2.16. The fourth-order valence-electron chi connectivity index (χ4n) is 1.98. The quantitative estimate of drug-likeness (QED) is 0.833. The van der Waals surface area contributed by atoms with Gasteiger partial charge in [-0.25, -0.2) is 4.39 Å². The molecule has 1 aromatic carbocycles. The third-order valence-electron chi connectivity index (χ3n) is 3.08. The summed E-state index contributed by atoms with van der Waals surface area (Å²) < 4.78 is 13.3. The van der Waals surface area contributed by atoms with E-state index in [4.69, 9.17) is 0 Å². The lowest BCUT2D eigenvalue weighted by molar-refractivity contribution is -0.117. The number of carbonyl (C=O) groups excluding carboxylic acids is 1. The lowest BCUT2D eigenvalue weighted by atomic mass is 10.1. The van der Waals surface area contributed by atoms with Gasteiger partial charge in [-0.15, -0.1) is 0 Å². The molecule has 1 N–H and O–H groups in total. The average molecular weight is 248 g/mol. The van der Waals surface area contributed by atoms with Crippen molar-refractivity contribution < 1.29 is 9.18 Å². The van der Waals surface area contributed by atoms with Gasteiger partial charge in [0.25, 0.3) is 0 Å². The van der Waals surface area contributed by atoms with Crippen LogP contribution in [0.1, 0.15) is 12.8 Å². The number of halogens is 1. The van der Waals surface area contributed by atoms with E-state index in [0.29, 0.717) is 6.54 Å². The van der Waals surface area contributed by atoms with Crippen LogP contribution in [0.25, 0.3) is 0 Å². The summed E-state index contributed by atoms with van der Waals surface area (Å²) in [6, 6.07) is 6.19. The monoisotopic (exact) mass is 248 g/mol. The predicted octanol–water partition coefficient (Wildman–Crippen LogP) is 2.42. The number of nitrogens with one attached hydrogen (secondary N) is 1. The standard InChI is InChI=1S/C14H17FN2O/c1-11-6-8-17(9-7-11)10-14(18)16-13-5-3-2-4-12(13)15/h2-5H,1,6-10H2,(H,16,18). The molecule has 0 unspecified atom stereocenters. The van der Waals surface area contributed by atoms with Crippen molar-refractivity contribution in [3.63, 3.8) is 0 Å². The van der Waals surface area contributed by atoms with Crippen LogP contribution in [-0.4, -0.2) is 30.4 Å². The summed E-state index contributed by atoms with van der Waals surface area (Å²) in [5.41, 5.74) is 1.48. The number of para-hydroxylation sites is 1. The normalized spacial score (nSPS) is 16.6. The van der Waals surface area contributed by atoms with Gasteiger partial charge in [-0.05, 0) is 25.0 Å². The van der Waals surface area contributed by atoms with Gasteiger partial charge in [0.1, 0.15) is 5.82 Å². The number of nitrogens with zero attached hydrogens (tertiary/aromatic N) is 1. The maximum Gasteiger partial charge on any atom is 0.238 e. The van der Waals surface area contributed by atoms with Gasteiger partial charge in [0.15, 0.2) is 0 Å². The summed E-state index contributed by atoms with van der Waals surface area (Å²) in [5, 5.41) is 2.59. The molecule has 4 heteroatoms. The Kier molecular flexibility index (Phi) is 4.10. The molecule has 1 aliphatic heterocycles. The minimum atomic E-state index is -0.405. The van der Waals surface area contributed by atoms with Crippen LogP contribution >= 0.6 is 0 Å². The van der Waals surface area contributed by atoms with Gasteiger partial charge in [-0.2, -0.15) is 0 Å². The average Bonchev–Trinajstić information content (AvgIpc) is 2.35. The molecule has 0 bridgehead atoms. The van der Waals surface area contributed by atoms with E-state index in [9.17, 15) is 9.18 Å². The first-order valence-corrected chi connectivity index (χ1v) is 6.08. The SMILES string of the molecule is C=C1CCN(CC(=O)Nc2ccccc2F)CC1. The van der Waals surface area contributed by atoms with Crippen LogP contribution in [0, 0.1) is 5.82 Å². The Morgan fingerprint density at radius 2 is 2.00 bits per heavy atom. The van der Waals surface area contributed by atoms with E-state index in [2.05, 4.69) is 16.8 Å². The minimum absolute atomic E-state index is 0.174. The second-order valence-corrected chi connectivity index (χ2v) is 4.55. The summed E-state index contributed by atoms with van der Waals surface area (Å²) in [4.78, 5) is 13.8. The van der Waals surface area contributed by atoms with Gasteiger partial charge >= 0.3 is 0 Å². The van der Waals surface area contributed by atoms with Gasteiger partial charge in [-0.3, -0.25) is 9.69 Å². The molecule has 0 aromatic heterocycles. The third kappa shape index (κ3) is 3.40. The van der Waals surface area contributed by atoms with Gasteiger partial charge in [0.05, 0.1) is 12.2 Å². The second kappa shape index (κ2) is 5.78. The zero-order valence-corrected chi connectivity index (χ0v) is 10.3. The van der Waals surface area contributed by atoms with Crippen LogP contribution < -0.4 is 5.32 Å². The predicted molar refractivity (Wildman–Crippen MR) is 69.8 cm³/mol. The minimum Gasteiger partial charge on any atom is -0.322 e.